The summed E-state index contributed by atoms with van der Waals surface area (Å²) in [6.07, 6.45) is 4.33. The number of carbonyl (C=O) groups excluding carboxylic acids is 3. The first-order valence-electron chi connectivity index (χ1n) is 41.0. The van der Waals surface area contributed by atoms with Gasteiger partial charge in [-0.2, -0.15) is 28.8 Å². The molecule has 118 heavy (non-hydrogen) atoms. The third kappa shape index (κ3) is 19.1. The van der Waals surface area contributed by atoms with Crippen LogP contribution in [0.4, 0.5) is 34.5 Å². The molecule has 592 valence electrons. The van der Waals surface area contributed by atoms with Crippen molar-refractivity contribution in [3.05, 3.63) is 342 Å². The number of piperazine rings is 1. The maximum atomic E-state index is 13.4. The fourth-order valence-electron chi connectivity index (χ4n) is 15.7. The highest BCUT2D eigenvalue weighted by atomic mass is 16.2. The molecule has 3 N–H and O–H groups in total. The zero-order chi connectivity index (χ0) is 80.1. The molecule has 1 aliphatic carbocycles. The van der Waals surface area contributed by atoms with Crippen molar-refractivity contribution in [1.29, 1.82) is 0 Å². The molecule has 3 aliphatic heterocycles. The highest BCUT2D eigenvalue weighted by molar-refractivity contribution is 5.96. The molecule has 19 rings (SSSR count). The van der Waals surface area contributed by atoms with E-state index in [1.54, 1.807) is 0 Å². The van der Waals surface area contributed by atoms with Gasteiger partial charge in [0.25, 0.3) is 17.7 Å². The van der Waals surface area contributed by atoms with Crippen LogP contribution in [0.1, 0.15) is 96.4 Å². The Hall–Kier alpha value is -13.5. The molecule has 9 heterocycles. The van der Waals surface area contributed by atoms with Gasteiger partial charge in [-0.25, -0.2) is 15.0 Å². The van der Waals surface area contributed by atoms with E-state index in [0.717, 1.165) is 213 Å². The first-order chi connectivity index (χ1) is 57.9. The predicted molar refractivity (Wildman–Crippen MR) is 468 cm³/mol. The minimum absolute atomic E-state index is 0.0799. The van der Waals surface area contributed by atoms with Crippen molar-refractivity contribution in [2.24, 2.45) is 0 Å². The van der Waals surface area contributed by atoms with Crippen molar-refractivity contribution in [2.75, 3.05) is 94.5 Å². The van der Waals surface area contributed by atoms with E-state index in [4.69, 9.17) is 20.1 Å². The lowest BCUT2D eigenvalue weighted by atomic mass is 10.1. The molecule has 9 aromatic carbocycles. The topological polar surface area (TPSA) is 197 Å². The fraction of sp³-hybridized carbons (Fsp3) is 0.227. The smallest absolute Gasteiger partial charge is 0.253 e. The van der Waals surface area contributed by atoms with Crippen LogP contribution in [0.25, 0.3) is 50.7 Å². The molecule has 6 aromatic heterocycles. The Bertz CT molecular complexity index is 5900. The Morgan fingerprint density at radius 3 is 0.924 bits per heavy atom. The summed E-state index contributed by atoms with van der Waals surface area (Å²) in [5.74, 6) is 3.29. The molecule has 3 amide bonds. The minimum atomic E-state index is 0.0799. The van der Waals surface area contributed by atoms with E-state index < -0.39 is 0 Å². The molecule has 21 nitrogen and oxygen atoms in total. The SMILES string of the molecule is Cc1cc2nc(-c3ccccc3)cc(Nc3ccc(C(=O)N4CCCN(Cc5ccccc5)CC4)cc3)n2n1.Cc1cc2nc(-c3ccccc3)cc(Nc3ccc(C(=O)N4CCN(Cc5ccccc5)CC4)cc3)n2n1.O=C(c1ccc(Nc2cc(-c3ccccc3)nc3cc(C4CC4)nn23)cc1)N1CCCN(Cc2ccccc2)CC1. The molecule has 3 saturated heterocycles. The van der Waals surface area contributed by atoms with Crippen molar-refractivity contribution in [3.8, 4) is 33.8 Å². The van der Waals surface area contributed by atoms with Crippen LogP contribution in [-0.4, -0.2) is 169 Å². The van der Waals surface area contributed by atoms with Gasteiger partial charge in [0.05, 0.1) is 34.2 Å². The van der Waals surface area contributed by atoms with Crippen molar-refractivity contribution in [1.82, 2.24) is 73.2 Å². The number of nitrogens with zero attached hydrogens (tertiary/aromatic N) is 15. The number of benzene rings is 9. The number of rotatable bonds is 19. The number of fused-ring (bicyclic) bond motifs is 3. The van der Waals surface area contributed by atoms with Gasteiger partial charge in [0, 0.05) is 191 Å². The lowest BCUT2D eigenvalue weighted by molar-refractivity contribution is 0.0627. The summed E-state index contributed by atoms with van der Waals surface area (Å²) in [6.45, 7) is 16.7. The van der Waals surface area contributed by atoms with Crippen LogP contribution in [0, 0.1) is 13.8 Å². The standard InChI is InChI=1S/C34H34N6O.C32H32N6O.C31H30N6O/c41-34(39-19-7-18-38(20-21-39)24-25-8-3-1-4-9-25)28-14-16-29(17-15-28)35-32-22-30(26-10-5-2-6-11-26)36-33-23-31(27-12-13-27)37-40(32)33;1-24-21-30-34-29(26-11-6-3-7-12-26)22-31(38(30)35-24)33-28-15-13-27(14-16-28)32(39)37-18-8-17-36(19-20-37)23-25-9-4-2-5-10-25;1-23-20-29-33-28(25-10-6-3-7-11-25)21-30(37(29)34-23)32-27-14-12-26(13-15-27)31(38)36-18-16-35(17-19-36)22-24-8-4-2-5-9-24/h1-6,8-11,14-17,22-23,27,35H,7,12-13,18-21,24H2;2-7,9-16,21-22,33H,8,17-20,23H2,1H3;2-15,20-21,32H,16-19,22H2,1H3. The molecule has 15 aromatic rings. The van der Waals surface area contributed by atoms with E-state index in [1.807, 2.05) is 224 Å². The minimum Gasteiger partial charge on any atom is -0.340 e. The lowest BCUT2D eigenvalue weighted by Crippen LogP contribution is -2.48. The average molecular weight is 1560 g/mol. The summed E-state index contributed by atoms with van der Waals surface area (Å²) in [7, 11) is 0. The number of amides is 3. The Balaban J connectivity index is 0.000000127. The Morgan fingerprint density at radius 2 is 0.602 bits per heavy atom. The number of anilines is 6. The summed E-state index contributed by atoms with van der Waals surface area (Å²) in [5, 5.41) is 24.6. The predicted octanol–water partition coefficient (Wildman–Crippen LogP) is 17.6. The van der Waals surface area contributed by atoms with Crippen molar-refractivity contribution in [2.45, 2.75) is 65.1 Å². The molecule has 1 saturated carbocycles. The van der Waals surface area contributed by atoms with E-state index in [2.05, 4.69) is 150 Å². The zero-order valence-electron chi connectivity index (χ0n) is 66.7. The second kappa shape index (κ2) is 36.1. The fourth-order valence-corrected chi connectivity index (χ4v) is 15.7. The summed E-state index contributed by atoms with van der Waals surface area (Å²) in [6, 6.07) is 97.4. The van der Waals surface area contributed by atoms with E-state index in [1.165, 1.54) is 29.5 Å². The van der Waals surface area contributed by atoms with Gasteiger partial charge in [-0.05, 0) is 129 Å². The average Bonchev–Trinajstić information content (AvgIpc) is 1.62. The molecule has 4 aliphatic rings. The third-order valence-electron chi connectivity index (χ3n) is 22.1. The summed E-state index contributed by atoms with van der Waals surface area (Å²) in [4.78, 5) is 67.6. The Kier molecular flexibility index (Phi) is 23.6. The molecule has 0 atom stereocenters. The quantitative estimate of drug-likeness (QED) is 0.0691. The van der Waals surface area contributed by atoms with Crippen molar-refractivity contribution in [3.63, 3.8) is 0 Å². The molecule has 0 unspecified atom stereocenters. The van der Waals surface area contributed by atoms with Gasteiger partial charge >= 0.3 is 0 Å². The lowest BCUT2D eigenvalue weighted by Gasteiger charge is -2.34. The number of aromatic nitrogens is 9. The molecule has 0 radical (unpaired) electrons. The van der Waals surface area contributed by atoms with Gasteiger partial charge in [-0.15, -0.1) is 0 Å². The molecular formula is C97H96N18O3. The summed E-state index contributed by atoms with van der Waals surface area (Å²) < 4.78 is 5.53. The molecule has 0 spiro atoms. The van der Waals surface area contributed by atoms with Gasteiger partial charge in [0.15, 0.2) is 16.9 Å². The molecule has 4 fully saturated rings. The number of aryl methyl sites for hydroxylation is 2. The van der Waals surface area contributed by atoms with E-state index >= 15 is 0 Å². The van der Waals surface area contributed by atoms with Gasteiger partial charge < -0.3 is 30.7 Å². The normalized spacial score (nSPS) is 14.8. The third-order valence-corrected chi connectivity index (χ3v) is 22.1. The monoisotopic (exact) mass is 1560 g/mol. The van der Waals surface area contributed by atoms with Crippen LogP contribution < -0.4 is 16.0 Å². The number of hydrogen-bond acceptors (Lipinski definition) is 15. The van der Waals surface area contributed by atoms with E-state index in [0.29, 0.717) is 22.6 Å². The molecule has 21 heteroatoms. The zero-order valence-corrected chi connectivity index (χ0v) is 66.7. The second-order valence-corrected chi connectivity index (χ2v) is 30.9. The Labute approximate surface area is 687 Å². The molecular weight excluding hydrogens is 1470 g/mol. The largest absolute Gasteiger partial charge is 0.340 e. The number of carbonyl (C=O) groups is 3. The second-order valence-electron chi connectivity index (χ2n) is 30.9. The Morgan fingerprint density at radius 1 is 0.314 bits per heavy atom. The van der Waals surface area contributed by atoms with Crippen LogP contribution in [0.5, 0.6) is 0 Å². The maximum Gasteiger partial charge on any atom is 0.253 e. The van der Waals surface area contributed by atoms with Gasteiger partial charge in [0.2, 0.25) is 0 Å². The van der Waals surface area contributed by atoms with Crippen molar-refractivity contribution >= 4 is 69.2 Å². The highest BCUT2D eigenvalue weighted by Gasteiger charge is 2.29. The molecule has 0 bridgehead atoms. The number of hydrogen-bond donors (Lipinski definition) is 3. The maximum absolute atomic E-state index is 13.4. The van der Waals surface area contributed by atoms with Crippen LogP contribution >= 0.6 is 0 Å². The summed E-state index contributed by atoms with van der Waals surface area (Å²) >= 11 is 0. The van der Waals surface area contributed by atoms with Crippen molar-refractivity contribution < 1.29 is 14.4 Å². The first-order valence-corrected chi connectivity index (χ1v) is 41.0. The highest BCUT2D eigenvalue weighted by Crippen LogP contribution is 2.40. The van der Waals surface area contributed by atoms with Crippen LogP contribution in [0.2, 0.25) is 0 Å². The first kappa shape index (κ1) is 77.1. The van der Waals surface area contributed by atoms with Gasteiger partial charge in [-0.1, -0.05) is 182 Å². The van der Waals surface area contributed by atoms with E-state index in [-0.39, 0.29) is 17.7 Å². The van der Waals surface area contributed by atoms with Crippen LogP contribution in [-0.2, 0) is 19.6 Å². The summed E-state index contributed by atoms with van der Waals surface area (Å²) in [5.41, 5.74) is 19.8. The van der Waals surface area contributed by atoms with E-state index in [9.17, 15) is 14.4 Å². The van der Waals surface area contributed by atoms with Gasteiger partial charge in [-0.3, -0.25) is 29.1 Å². The van der Waals surface area contributed by atoms with Crippen LogP contribution in [0.3, 0.4) is 0 Å². The van der Waals surface area contributed by atoms with Crippen LogP contribution in [0.15, 0.2) is 291 Å². The number of nitrogens with one attached hydrogen (secondary N) is 3. The van der Waals surface area contributed by atoms with Gasteiger partial charge in [0.1, 0.15) is 17.5 Å².